The van der Waals surface area contributed by atoms with E-state index < -0.39 is 10.0 Å². The Labute approximate surface area is 112 Å². The van der Waals surface area contributed by atoms with Crippen LogP contribution in [0.3, 0.4) is 0 Å². The van der Waals surface area contributed by atoms with Crippen LogP contribution in [0.25, 0.3) is 0 Å². The first-order valence-electron chi connectivity index (χ1n) is 5.37. The highest BCUT2D eigenvalue weighted by Gasteiger charge is 2.12. The molecule has 0 unspecified atom stereocenters. The van der Waals surface area contributed by atoms with Gasteiger partial charge in [0.05, 0.1) is 11.5 Å². The van der Waals surface area contributed by atoms with E-state index in [1.54, 1.807) is 24.3 Å². The van der Waals surface area contributed by atoms with Gasteiger partial charge in [-0.2, -0.15) is 0 Å². The second-order valence-corrected chi connectivity index (χ2v) is 6.52. The van der Waals surface area contributed by atoms with Crippen LogP contribution in [-0.2, 0) is 15.8 Å². The summed E-state index contributed by atoms with van der Waals surface area (Å²) in [7, 11) is -3.34. The van der Waals surface area contributed by atoms with Crippen molar-refractivity contribution < 1.29 is 8.42 Å². The minimum absolute atomic E-state index is 0.0977. The van der Waals surface area contributed by atoms with Crippen LogP contribution in [0.5, 0.6) is 0 Å². The maximum atomic E-state index is 11.8. The number of nitrogens with one attached hydrogen (secondary N) is 1. The molecule has 18 heavy (non-hydrogen) atoms. The highest BCUT2D eigenvalue weighted by Crippen LogP contribution is 2.13. The molecule has 0 aliphatic rings. The van der Waals surface area contributed by atoms with Crippen molar-refractivity contribution in [1.29, 1.82) is 0 Å². The highest BCUT2D eigenvalue weighted by molar-refractivity contribution is 7.99. The molecule has 0 saturated heterocycles. The zero-order chi connectivity index (χ0) is 13.4. The van der Waals surface area contributed by atoms with Gasteiger partial charge in [0.1, 0.15) is 0 Å². The van der Waals surface area contributed by atoms with Gasteiger partial charge in [-0.3, -0.25) is 0 Å². The fraction of sp³-hybridized carbons (Fsp3) is 0.333. The van der Waals surface area contributed by atoms with E-state index in [0.717, 1.165) is 0 Å². The Morgan fingerprint density at radius 2 is 2.11 bits per heavy atom. The Hall–Kier alpha value is -1.16. The van der Waals surface area contributed by atoms with E-state index in [9.17, 15) is 8.42 Å². The van der Waals surface area contributed by atoms with Gasteiger partial charge >= 0.3 is 0 Å². The third-order valence-electron chi connectivity index (χ3n) is 2.15. The molecule has 3 N–H and O–H groups in total. The molecule has 0 heterocycles. The van der Waals surface area contributed by atoms with E-state index >= 15 is 0 Å². The molecule has 1 aromatic rings. The summed E-state index contributed by atoms with van der Waals surface area (Å²) in [6, 6.07) is 6.94. The molecule has 4 nitrogen and oxygen atoms in total. The van der Waals surface area contributed by atoms with Gasteiger partial charge in [0, 0.05) is 18.0 Å². The number of para-hydroxylation sites is 1. The van der Waals surface area contributed by atoms with Crippen LogP contribution in [0.1, 0.15) is 5.56 Å². The van der Waals surface area contributed by atoms with Gasteiger partial charge in [-0.1, -0.05) is 24.1 Å². The zero-order valence-electron chi connectivity index (χ0n) is 9.93. The average Bonchev–Trinajstić information content (AvgIpc) is 2.31. The van der Waals surface area contributed by atoms with Crippen LogP contribution in [-0.4, -0.2) is 26.5 Å². The molecular weight excluding hydrogens is 268 g/mol. The SMILES string of the molecule is C#CCSCCNS(=O)(=O)Cc1ccccc1N. The van der Waals surface area contributed by atoms with Gasteiger partial charge in [-0.05, 0) is 11.6 Å². The molecular formula is C12H16N2O2S2. The Bertz CT molecular complexity index is 521. The lowest BCUT2D eigenvalue weighted by atomic mass is 10.2. The Morgan fingerprint density at radius 1 is 1.39 bits per heavy atom. The van der Waals surface area contributed by atoms with E-state index in [4.69, 9.17) is 12.2 Å². The van der Waals surface area contributed by atoms with Gasteiger partial charge in [0.2, 0.25) is 10.0 Å². The van der Waals surface area contributed by atoms with Gasteiger partial charge in [-0.25, -0.2) is 13.1 Å². The summed E-state index contributed by atoms with van der Waals surface area (Å²) in [5.41, 5.74) is 6.81. The molecule has 0 aliphatic carbocycles. The second kappa shape index (κ2) is 7.31. The molecule has 98 valence electrons. The van der Waals surface area contributed by atoms with E-state index in [1.807, 2.05) is 0 Å². The Kier molecular flexibility index (Phi) is 6.05. The minimum Gasteiger partial charge on any atom is -0.398 e. The molecule has 0 atom stereocenters. The third kappa shape index (κ3) is 5.45. The minimum atomic E-state index is -3.34. The van der Waals surface area contributed by atoms with E-state index in [-0.39, 0.29) is 5.75 Å². The molecule has 0 aliphatic heterocycles. The smallest absolute Gasteiger partial charge is 0.215 e. The van der Waals surface area contributed by atoms with Crippen LogP contribution in [0.2, 0.25) is 0 Å². The third-order valence-corrected chi connectivity index (χ3v) is 4.35. The summed E-state index contributed by atoms with van der Waals surface area (Å²) >= 11 is 1.52. The molecule has 0 fully saturated rings. The molecule has 0 saturated carbocycles. The molecule has 0 radical (unpaired) electrons. The number of terminal acetylenes is 1. The summed E-state index contributed by atoms with van der Waals surface area (Å²) < 4.78 is 26.1. The predicted octanol–water partition coefficient (Wildman–Crippen LogP) is 1.05. The summed E-state index contributed by atoms with van der Waals surface area (Å²) in [6.07, 6.45) is 5.09. The first-order chi connectivity index (χ1) is 8.55. The number of hydrogen-bond acceptors (Lipinski definition) is 4. The van der Waals surface area contributed by atoms with Crippen LogP contribution < -0.4 is 10.5 Å². The van der Waals surface area contributed by atoms with Crippen molar-refractivity contribution in [2.45, 2.75) is 5.75 Å². The van der Waals surface area contributed by atoms with Crippen molar-refractivity contribution in [2.24, 2.45) is 0 Å². The van der Waals surface area contributed by atoms with Crippen LogP contribution in [0.4, 0.5) is 5.69 Å². The number of nitrogen functional groups attached to an aromatic ring is 1. The van der Waals surface area contributed by atoms with E-state index in [0.29, 0.717) is 29.3 Å². The molecule has 0 aromatic heterocycles. The van der Waals surface area contributed by atoms with Gasteiger partial charge in [0.25, 0.3) is 0 Å². The van der Waals surface area contributed by atoms with Crippen molar-refractivity contribution >= 4 is 27.5 Å². The molecule has 0 spiro atoms. The van der Waals surface area contributed by atoms with Crippen molar-refractivity contribution in [2.75, 3.05) is 23.8 Å². The van der Waals surface area contributed by atoms with Crippen molar-refractivity contribution in [3.63, 3.8) is 0 Å². The number of sulfonamides is 1. The molecule has 6 heteroatoms. The monoisotopic (exact) mass is 284 g/mol. The largest absolute Gasteiger partial charge is 0.398 e. The summed E-state index contributed by atoms with van der Waals surface area (Å²) in [6.45, 7) is 0.376. The quantitative estimate of drug-likeness (QED) is 0.446. The normalized spacial score (nSPS) is 11.1. The number of benzene rings is 1. The first kappa shape index (κ1) is 14.9. The Balaban J connectivity index is 2.46. The van der Waals surface area contributed by atoms with Crippen molar-refractivity contribution in [1.82, 2.24) is 4.72 Å². The van der Waals surface area contributed by atoms with Crippen LogP contribution in [0, 0.1) is 12.3 Å². The summed E-state index contributed by atoms with van der Waals surface area (Å²) in [5.74, 6) is 3.64. The van der Waals surface area contributed by atoms with Crippen molar-refractivity contribution in [3.8, 4) is 12.3 Å². The lowest BCUT2D eigenvalue weighted by Gasteiger charge is -2.08. The number of hydrogen-bond donors (Lipinski definition) is 2. The van der Waals surface area contributed by atoms with Gasteiger partial charge in [-0.15, -0.1) is 18.2 Å². The van der Waals surface area contributed by atoms with Crippen LogP contribution in [0.15, 0.2) is 24.3 Å². The number of nitrogens with two attached hydrogens (primary N) is 1. The standard InChI is InChI=1S/C12H16N2O2S2/c1-2-8-17-9-7-14-18(15,16)10-11-5-3-4-6-12(11)13/h1,3-6,14H,7-10,13H2. The fourth-order valence-corrected chi connectivity index (χ4v) is 3.15. The molecule has 0 bridgehead atoms. The van der Waals surface area contributed by atoms with E-state index in [1.165, 1.54) is 11.8 Å². The van der Waals surface area contributed by atoms with Crippen LogP contribution >= 0.6 is 11.8 Å². The predicted molar refractivity (Wildman–Crippen MR) is 77.6 cm³/mol. The van der Waals surface area contributed by atoms with Crippen molar-refractivity contribution in [3.05, 3.63) is 29.8 Å². The average molecular weight is 284 g/mol. The molecule has 1 aromatic carbocycles. The van der Waals surface area contributed by atoms with Gasteiger partial charge < -0.3 is 5.73 Å². The first-order valence-corrected chi connectivity index (χ1v) is 8.18. The maximum Gasteiger partial charge on any atom is 0.215 e. The number of rotatable bonds is 7. The summed E-state index contributed by atoms with van der Waals surface area (Å²) in [4.78, 5) is 0. The van der Waals surface area contributed by atoms with Gasteiger partial charge in [0.15, 0.2) is 0 Å². The zero-order valence-corrected chi connectivity index (χ0v) is 11.6. The van der Waals surface area contributed by atoms with E-state index in [2.05, 4.69) is 10.6 Å². The lowest BCUT2D eigenvalue weighted by Crippen LogP contribution is -2.27. The molecule has 1 rings (SSSR count). The maximum absolute atomic E-state index is 11.8. The number of anilines is 1. The highest BCUT2D eigenvalue weighted by atomic mass is 32.2. The topological polar surface area (TPSA) is 72.2 Å². The number of thioether (sulfide) groups is 1. The second-order valence-electron chi connectivity index (χ2n) is 3.61. The Morgan fingerprint density at radius 3 is 2.78 bits per heavy atom. The lowest BCUT2D eigenvalue weighted by molar-refractivity contribution is 0.583. The fourth-order valence-electron chi connectivity index (χ4n) is 1.32. The molecule has 0 amide bonds. The summed E-state index contributed by atoms with van der Waals surface area (Å²) in [5, 5.41) is 0.